The minimum absolute atomic E-state index is 0.0720. The van der Waals surface area contributed by atoms with Crippen LogP contribution < -0.4 is 10.2 Å². The highest BCUT2D eigenvalue weighted by atomic mass is 35.5. The number of halogens is 1. The quantitative estimate of drug-likeness (QED) is 0.374. The lowest BCUT2D eigenvalue weighted by Gasteiger charge is -2.37. The number of hydrogen-bond donors (Lipinski definition) is 2. The van der Waals surface area contributed by atoms with E-state index in [1.165, 1.54) is 4.31 Å². The molecule has 0 saturated carbocycles. The molecule has 1 fully saturated rings. The fraction of sp³-hybridized carbons (Fsp3) is 0.273. The third kappa shape index (κ3) is 4.33. The summed E-state index contributed by atoms with van der Waals surface area (Å²) in [5.41, 5.74) is 2.76. The number of pyridine rings is 1. The number of para-hydroxylation sites is 2. The molecule has 1 aromatic heterocycles. The molecule has 0 unspecified atom stereocenters. The van der Waals surface area contributed by atoms with E-state index < -0.39 is 0 Å². The second-order valence-corrected chi connectivity index (χ2v) is 8.85. The Balaban J connectivity index is 1.42. The van der Waals surface area contributed by atoms with Gasteiger partial charge in [0, 0.05) is 41.3 Å². The summed E-state index contributed by atoms with van der Waals surface area (Å²) < 4.78 is 1.54. The smallest absolute Gasteiger partial charge is 0.331 e. The number of fused-ring (bicyclic) bond motifs is 1. The summed E-state index contributed by atoms with van der Waals surface area (Å²) in [6.07, 6.45) is 5.48. The van der Waals surface area contributed by atoms with E-state index in [1.807, 2.05) is 48.7 Å². The molecule has 5 nitrogen and oxygen atoms in total. The highest BCUT2D eigenvalue weighted by molar-refractivity contribution is 7.98. The SMILES string of the molecule is CSc1ccccc1NC(=O)N(S)C1CCN(c2ccnc3c(Cl)cccc23)CC1. The van der Waals surface area contributed by atoms with Gasteiger partial charge in [0.1, 0.15) is 0 Å². The van der Waals surface area contributed by atoms with Crippen LogP contribution in [0.5, 0.6) is 0 Å². The number of nitrogens with one attached hydrogen (secondary N) is 1. The lowest BCUT2D eigenvalue weighted by Crippen LogP contribution is -2.44. The van der Waals surface area contributed by atoms with E-state index in [0.717, 1.165) is 53.1 Å². The molecule has 0 radical (unpaired) electrons. The van der Waals surface area contributed by atoms with Crippen molar-refractivity contribution < 1.29 is 4.79 Å². The normalized spacial score (nSPS) is 14.7. The number of amides is 2. The van der Waals surface area contributed by atoms with Crippen LogP contribution in [0.1, 0.15) is 12.8 Å². The van der Waals surface area contributed by atoms with Crippen molar-refractivity contribution in [2.45, 2.75) is 23.8 Å². The van der Waals surface area contributed by atoms with Gasteiger partial charge in [-0.05, 0) is 43.4 Å². The van der Waals surface area contributed by atoms with Crippen molar-refractivity contribution in [3.8, 4) is 0 Å². The molecule has 30 heavy (non-hydrogen) atoms. The Kier molecular flexibility index (Phi) is 6.61. The van der Waals surface area contributed by atoms with Crippen molar-refractivity contribution in [3.63, 3.8) is 0 Å². The molecule has 1 saturated heterocycles. The van der Waals surface area contributed by atoms with Gasteiger partial charge >= 0.3 is 6.03 Å². The van der Waals surface area contributed by atoms with Crippen LogP contribution >= 0.6 is 36.2 Å². The topological polar surface area (TPSA) is 48.5 Å². The molecule has 1 aliphatic heterocycles. The van der Waals surface area contributed by atoms with Gasteiger partial charge in [-0.1, -0.05) is 48.7 Å². The number of thiol groups is 1. The molecule has 3 aromatic rings. The molecular weight excluding hydrogens is 436 g/mol. The molecule has 0 bridgehead atoms. The van der Waals surface area contributed by atoms with Gasteiger partial charge < -0.3 is 10.2 Å². The van der Waals surface area contributed by atoms with Crippen LogP contribution in [0, 0.1) is 0 Å². The van der Waals surface area contributed by atoms with Crippen LogP contribution in [0.3, 0.4) is 0 Å². The summed E-state index contributed by atoms with van der Waals surface area (Å²) in [5.74, 6) is 0. The summed E-state index contributed by atoms with van der Waals surface area (Å²) in [6, 6.07) is 15.6. The Morgan fingerprint density at radius 3 is 2.73 bits per heavy atom. The lowest BCUT2D eigenvalue weighted by molar-refractivity contribution is 0.223. The van der Waals surface area contributed by atoms with Gasteiger partial charge in [0.2, 0.25) is 0 Å². The second-order valence-electron chi connectivity index (χ2n) is 7.16. The maximum absolute atomic E-state index is 12.7. The first-order valence-electron chi connectivity index (χ1n) is 9.79. The molecule has 2 amide bonds. The minimum Gasteiger partial charge on any atom is -0.371 e. The third-order valence-electron chi connectivity index (χ3n) is 5.41. The van der Waals surface area contributed by atoms with Crippen LogP contribution in [0.25, 0.3) is 10.9 Å². The van der Waals surface area contributed by atoms with Gasteiger partial charge in [-0.3, -0.25) is 9.29 Å². The molecule has 0 atom stereocenters. The van der Waals surface area contributed by atoms with E-state index in [-0.39, 0.29) is 12.1 Å². The Morgan fingerprint density at radius 1 is 1.20 bits per heavy atom. The zero-order valence-corrected chi connectivity index (χ0v) is 19.1. The van der Waals surface area contributed by atoms with Crippen LogP contribution in [0.15, 0.2) is 59.6 Å². The lowest BCUT2D eigenvalue weighted by atomic mass is 10.0. The predicted molar refractivity (Wildman–Crippen MR) is 130 cm³/mol. The molecule has 156 valence electrons. The number of carbonyl (C=O) groups is 1. The summed E-state index contributed by atoms with van der Waals surface area (Å²) in [7, 11) is 0. The van der Waals surface area contributed by atoms with Crippen molar-refractivity contribution in [1.29, 1.82) is 0 Å². The molecule has 0 spiro atoms. The molecule has 4 rings (SSSR count). The number of aromatic nitrogens is 1. The fourth-order valence-corrected chi connectivity index (χ4v) is 4.90. The number of urea groups is 1. The molecule has 1 aliphatic rings. The van der Waals surface area contributed by atoms with Gasteiger partial charge in [-0.15, -0.1) is 11.8 Å². The van der Waals surface area contributed by atoms with Crippen molar-refractivity contribution in [2.24, 2.45) is 0 Å². The number of rotatable bonds is 4. The van der Waals surface area contributed by atoms with Crippen molar-refractivity contribution in [1.82, 2.24) is 9.29 Å². The standard InChI is InChI=1S/C22H23ClN4OS2/c1-30-20-8-3-2-7-18(20)25-22(28)27(29)15-10-13-26(14-11-15)19-9-12-24-21-16(19)5-4-6-17(21)23/h2-9,12,15,29H,10-11,13-14H2,1H3,(H,25,28). The number of nitrogens with zero attached hydrogens (tertiary/aromatic N) is 3. The van der Waals surface area contributed by atoms with Gasteiger partial charge in [0.05, 0.1) is 16.2 Å². The van der Waals surface area contributed by atoms with Crippen molar-refractivity contribution >= 4 is 64.5 Å². The van der Waals surface area contributed by atoms with Crippen LogP contribution in [-0.2, 0) is 0 Å². The first-order valence-corrected chi connectivity index (χ1v) is 11.8. The molecule has 1 N–H and O–H groups in total. The van der Waals surface area contributed by atoms with Gasteiger partial charge in [-0.25, -0.2) is 4.79 Å². The first-order chi connectivity index (χ1) is 14.6. The fourth-order valence-electron chi connectivity index (χ4n) is 3.84. The molecule has 0 aliphatic carbocycles. The number of thioether (sulfide) groups is 1. The zero-order valence-electron chi connectivity index (χ0n) is 16.6. The molecule has 8 heteroatoms. The van der Waals surface area contributed by atoms with Crippen LogP contribution in [0.2, 0.25) is 5.02 Å². The maximum atomic E-state index is 12.7. The van der Waals surface area contributed by atoms with Gasteiger partial charge in [0.25, 0.3) is 0 Å². The maximum Gasteiger partial charge on any atom is 0.331 e. The van der Waals surface area contributed by atoms with Crippen LogP contribution in [0.4, 0.5) is 16.2 Å². The zero-order chi connectivity index (χ0) is 21.1. The summed E-state index contributed by atoms with van der Waals surface area (Å²) in [5, 5.41) is 4.70. The monoisotopic (exact) mass is 458 g/mol. The summed E-state index contributed by atoms with van der Waals surface area (Å²) in [6.45, 7) is 1.67. The number of anilines is 2. The predicted octanol–water partition coefficient (Wildman–Crippen LogP) is 5.96. The van der Waals surface area contributed by atoms with Gasteiger partial charge in [-0.2, -0.15) is 0 Å². The van der Waals surface area contributed by atoms with Crippen molar-refractivity contribution in [2.75, 3.05) is 29.6 Å². The summed E-state index contributed by atoms with van der Waals surface area (Å²) in [4.78, 5) is 20.5. The van der Waals surface area contributed by atoms with E-state index in [0.29, 0.717) is 5.02 Å². The largest absolute Gasteiger partial charge is 0.371 e. The van der Waals surface area contributed by atoms with E-state index >= 15 is 0 Å². The average Bonchev–Trinajstić information content (AvgIpc) is 2.79. The Bertz CT molecular complexity index is 1060. The molecule has 2 heterocycles. The second kappa shape index (κ2) is 9.37. The number of carbonyl (C=O) groups excluding carboxylic acids is 1. The van der Waals surface area contributed by atoms with E-state index in [9.17, 15) is 4.79 Å². The Morgan fingerprint density at radius 2 is 1.97 bits per heavy atom. The van der Waals surface area contributed by atoms with E-state index in [2.05, 4.69) is 34.1 Å². The molecular formula is C22H23ClN4OS2. The van der Waals surface area contributed by atoms with Crippen LogP contribution in [-0.4, -0.2) is 40.7 Å². The first kappa shape index (κ1) is 21.2. The van der Waals surface area contributed by atoms with Gasteiger partial charge in [0.15, 0.2) is 0 Å². The number of piperidine rings is 1. The minimum atomic E-state index is -0.195. The van der Waals surface area contributed by atoms with E-state index in [1.54, 1.807) is 18.0 Å². The third-order valence-corrected chi connectivity index (χ3v) is 7.02. The van der Waals surface area contributed by atoms with E-state index in [4.69, 9.17) is 11.6 Å². The highest BCUT2D eigenvalue weighted by Crippen LogP contribution is 2.32. The number of hydrogen-bond acceptors (Lipinski definition) is 5. The van der Waals surface area contributed by atoms with Crippen molar-refractivity contribution in [3.05, 3.63) is 59.8 Å². The average molecular weight is 459 g/mol. The Labute approximate surface area is 191 Å². The molecule has 2 aromatic carbocycles. The number of benzene rings is 2. The Hall–Kier alpha value is -2.09. The summed E-state index contributed by atoms with van der Waals surface area (Å²) >= 11 is 12.4. The highest BCUT2D eigenvalue weighted by Gasteiger charge is 2.27.